The number of unbranched alkanes of at least 4 members (excludes halogenated alkanes) is 4. The van der Waals surface area contributed by atoms with E-state index in [0.29, 0.717) is 6.42 Å². The van der Waals surface area contributed by atoms with Gasteiger partial charge in [-0.25, -0.2) is 4.79 Å². The van der Waals surface area contributed by atoms with Gasteiger partial charge in [0, 0.05) is 18.3 Å². The Balaban J connectivity index is 2.31. The summed E-state index contributed by atoms with van der Waals surface area (Å²) in [4.78, 5) is 22.5. The maximum Gasteiger partial charge on any atom is 0.332 e. The maximum absolute atomic E-state index is 12.0. The standard InChI is InChI=1S/C20H30O4/c1-2-3-4-5-6-8-11-16-14-15-18(21)17(16)12-9-7-10-13-19(22)20(23)24/h7-8,10-11,14-17,19,22H,2-6,9,12-13H2,1H3,(H,23,24)/t16-,17+,19+/m0/s1. The predicted molar refractivity (Wildman–Crippen MR) is 95.7 cm³/mol. The first-order valence-electron chi connectivity index (χ1n) is 9.00. The van der Waals surface area contributed by atoms with Gasteiger partial charge in [-0.2, -0.15) is 0 Å². The van der Waals surface area contributed by atoms with Crippen molar-refractivity contribution in [2.75, 3.05) is 0 Å². The van der Waals surface area contributed by atoms with Crippen molar-refractivity contribution < 1.29 is 19.8 Å². The van der Waals surface area contributed by atoms with E-state index in [9.17, 15) is 14.7 Å². The molecule has 1 aliphatic carbocycles. The lowest BCUT2D eigenvalue weighted by Crippen LogP contribution is -2.18. The lowest BCUT2D eigenvalue weighted by Gasteiger charge is -2.13. The third kappa shape index (κ3) is 7.73. The lowest BCUT2D eigenvalue weighted by atomic mass is 9.89. The van der Waals surface area contributed by atoms with E-state index in [-0.39, 0.29) is 24.0 Å². The minimum atomic E-state index is -1.35. The number of allylic oxidation sites excluding steroid dienone is 5. The quantitative estimate of drug-likeness (QED) is 0.417. The number of aliphatic carboxylic acids is 1. The Kier molecular flexibility index (Phi) is 10.0. The van der Waals surface area contributed by atoms with Crippen molar-refractivity contribution in [3.05, 3.63) is 36.5 Å². The number of carboxylic acid groups (broad SMARTS) is 1. The van der Waals surface area contributed by atoms with E-state index in [2.05, 4.69) is 19.1 Å². The van der Waals surface area contributed by atoms with Crippen LogP contribution in [-0.4, -0.2) is 28.1 Å². The van der Waals surface area contributed by atoms with E-state index in [1.165, 1.54) is 25.7 Å². The number of aliphatic hydroxyl groups excluding tert-OH is 1. The van der Waals surface area contributed by atoms with Crippen molar-refractivity contribution in [2.24, 2.45) is 11.8 Å². The summed E-state index contributed by atoms with van der Waals surface area (Å²) in [6.07, 6.45) is 17.8. The molecule has 4 nitrogen and oxygen atoms in total. The average Bonchev–Trinajstić information content (AvgIpc) is 2.90. The van der Waals surface area contributed by atoms with Crippen LogP contribution in [0.15, 0.2) is 36.5 Å². The van der Waals surface area contributed by atoms with Gasteiger partial charge in [0.25, 0.3) is 0 Å². The van der Waals surface area contributed by atoms with Gasteiger partial charge in [0.15, 0.2) is 11.9 Å². The lowest BCUT2D eigenvalue weighted by molar-refractivity contribution is -0.146. The molecule has 0 fully saturated rings. The van der Waals surface area contributed by atoms with Crippen LogP contribution in [0.5, 0.6) is 0 Å². The van der Waals surface area contributed by atoms with Crippen molar-refractivity contribution in [3.63, 3.8) is 0 Å². The van der Waals surface area contributed by atoms with E-state index in [0.717, 1.165) is 12.8 Å². The molecule has 3 atom stereocenters. The minimum absolute atomic E-state index is 0.00839. The highest BCUT2D eigenvalue weighted by Crippen LogP contribution is 2.28. The van der Waals surface area contributed by atoms with Gasteiger partial charge in [0.05, 0.1) is 0 Å². The molecule has 0 amide bonds. The molecule has 1 aliphatic rings. The summed E-state index contributed by atoms with van der Waals surface area (Å²) in [5.41, 5.74) is 0. The van der Waals surface area contributed by atoms with Crippen LogP contribution < -0.4 is 0 Å². The van der Waals surface area contributed by atoms with E-state index in [4.69, 9.17) is 5.11 Å². The molecule has 0 aromatic carbocycles. The zero-order valence-electron chi connectivity index (χ0n) is 14.6. The fourth-order valence-corrected chi connectivity index (χ4v) is 2.85. The highest BCUT2D eigenvalue weighted by atomic mass is 16.4. The average molecular weight is 334 g/mol. The minimum Gasteiger partial charge on any atom is -0.479 e. The SMILES string of the molecule is CCCCCCC=C[C@H]1C=CC(=O)[C@@H]1CCC=CC[C@@H](O)C(=O)O. The zero-order chi connectivity index (χ0) is 17.8. The fraction of sp³-hybridized carbons (Fsp3) is 0.600. The van der Waals surface area contributed by atoms with Gasteiger partial charge < -0.3 is 10.2 Å². The largest absolute Gasteiger partial charge is 0.479 e. The molecule has 4 heteroatoms. The van der Waals surface area contributed by atoms with Crippen LogP contribution in [-0.2, 0) is 9.59 Å². The first-order valence-corrected chi connectivity index (χ1v) is 9.00. The molecule has 0 unspecified atom stereocenters. The Morgan fingerprint density at radius 1 is 1.21 bits per heavy atom. The van der Waals surface area contributed by atoms with Crippen LogP contribution in [0.2, 0.25) is 0 Å². The summed E-state index contributed by atoms with van der Waals surface area (Å²) in [5, 5.41) is 17.8. The smallest absolute Gasteiger partial charge is 0.332 e. The molecule has 0 bridgehead atoms. The molecular weight excluding hydrogens is 304 g/mol. The fourth-order valence-electron chi connectivity index (χ4n) is 2.85. The topological polar surface area (TPSA) is 74.6 Å². The summed E-state index contributed by atoms with van der Waals surface area (Å²) in [7, 11) is 0. The summed E-state index contributed by atoms with van der Waals surface area (Å²) >= 11 is 0. The molecule has 0 aromatic heterocycles. The third-order valence-electron chi connectivity index (χ3n) is 4.35. The monoisotopic (exact) mass is 334 g/mol. The van der Waals surface area contributed by atoms with E-state index < -0.39 is 12.1 Å². The van der Waals surface area contributed by atoms with E-state index in [1.807, 2.05) is 12.2 Å². The molecule has 0 spiro atoms. The number of carbonyl (C=O) groups is 2. The van der Waals surface area contributed by atoms with Crippen molar-refractivity contribution in [1.82, 2.24) is 0 Å². The van der Waals surface area contributed by atoms with Crippen LogP contribution in [0, 0.1) is 11.8 Å². The van der Waals surface area contributed by atoms with Crippen molar-refractivity contribution in [2.45, 2.75) is 64.4 Å². The zero-order valence-corrected chi connectivity index (χ0v) is 14.6. The number of hydrogen-bond acceptors (Lipinski definition) is 3. The Morgan fingerprint density at radius 3 is 2.71 bits per heavy atom. The van der Waals surface area contributed by atoms with Crippen LogP contribution in [0.3, 0.4) is 0 Å². The number of aliphatic hydroxyl groups is 1. The second-order valence-corrected chi connectivity index (χ2v) is 6.36. The van der Waals surface area contributed by atoms with Crippen molar-refractivity contribution in [1.29, 1.82) is 0 Å². The number of ketones is 1. The van der Waals surface area contributed by atoms with E-state index >= 15 is 0 Å². The van der Waals surface area contributed by atoms with Crippen LogP contribution in [0.4, 0.5) is 0 Å². The van der Waals surface area contributed by atoms with Crippen molar-refractivity contribution in [3.8, 4) is 0 Å². The highest BCUT2D eigenvalue weighted by Gasteiger charge is 2.27. The van der Waals surface area contributed by atoms with Gasteiger partial charge in [-0.1, -0.05) is 56.6 Å². The van der Waals surface area contributed by atoms with E-state index in [1.54, 1.807) is 12.2 Å². The third-order valence-corrected chi connectivity index (χ3v) is 4.35. The Morgan fingerprint density at radius 2 is 2.00 bits per heavy atom. The summed E-state index contributed by atoms with van der Waals surface area (Å²) < 4.78 is 0. The molecule has 0 saturated heterocycles. The molecule has 0 aliphatic heterocycles. The molecule has 0 saturated carbocycles. The second kappa shape index (κ2) is 11.8. The molecule has 2 N–H and O–H groups in total. The molecule has 0 radical (unpaired) electrons. The first kappa shape index (κ1) is 20.4. The Labute approximate surface area is 145 Å². The maximum atomic E-state index is 12.0. The van der Waals surface area contributed by atoms with Gasteiger partial charge in [0.1, 0.15) is 0 Å². The molecule has 1 rings (SSSR count). The summed E-state index contributed by atoms with van der Waals surface area (Å²) in [6, 6.07) is 0. The van der Waals surface area contributed by atoms with Crippen LogP contribution in [0.1, 0.15) is 58.3 Å². The normalized spacial score (nSPS) is 22.0. The van der Waals surface area contributed by atoms with Gasteiger partial charge in [-0.05, 0) is 31.8 Å². The van der Waals surface area contributed by atoms with Crippen LogP contribution >= 0.6 is 0 Å². The summed E-state index contributed by atoms with van der Waals surface area (Å²) in [6.45, 7) is 2.20. The molecular formula is C20H30O4. The molecule has 24 heavy (non-hydrogen) atoms. The Hall–Kier alpha value is -1.68. The van der Waals surface area contributed by atoms with Gasteiger partial charge in [0.2, 0.25) is 0 Å². The van der Waals surface area contributed by atoms with Gasteiger partial charge in [-0.3, -0.25) is 4.79 Å². The Bertz CT molecular complexity index is 476. The van der Waals surface area contributed by atoms with Crippen molar-refractivity contribution >= 4 is 11.8 Å². The highest BCUT2D eigenvalue weighted by molar-refractivity contribution is 5.94. The first-order chi connectivity index (χ1) is 11.6. The molecule has 0 aromatic rings. The van der Waals surface area contributed by atoms with Crippen LogP contribution in [0.25, 0.3) is 0 Å². The number of rotatable bonds is 12. The predicted octanol–water partition coefficient (Wildman–Crippen LogP) is 4.06. The number of carboxylic acids is 1. The second-order valence-electron chi connectivity index (χ2n) is 6.36. The number of hydrogen-bond donors (Lipinski definition) is 2. The molecule has 134 valence electrons. The van der Waals surface area contributed by atoms with Gasteiger partial charge in [-0.15, -0.1) is 0 Å². The molecule has 0 heterocycles. The van der Waals surface area contributed by atoms with Gasteiger partial charge >= 0.3 is 5.97 Å². The number of carbonyl (C=O) groups excluding carboxylic acids is 1. The summed E-state index contributed by atoms with van der Waals surface area (Å²) in [5.74, 6) is -0.860.